The maximum atomic E-state index is 13.3. The Balaban J connectivity index is 1.15. The van der Waals surface area contributed by atoms with E-state index < -0.39 is 0 Å². The lowest BCUT2D eigenvalue weighted by Gasteiger charge is -2.29. The molecule has 2 heterocycles. The second-order valence-electron chi connectivity index (χ2n) is 8.60. The third kappa shape index (κ3) is 3.97. The second kappa shape index (κ2) is 8.19. The molecule has 0 radical (unpaired) electrons. The first kappa shape index (κ1) is 19.2. The molecule has 6 heteroatoms. The van der Waals surface area contributed by atoms with Crippen molar-refractivity contribution < 1.29 is 9.18 Å². The fourth-order valence-electron chi connectivity index (χ4n) is 5.00. The number of amides is 1. The number of aryl methyl sites for hydroxylation is 1. The van der Waals surface area contributed by atoms with Crippen molar-refractivity contribution in [2.75, 3.05) is 19.6 Å². The Morgan fingerprint density at radius 2 is 2.13 bits per heavy atom. The fraction of sp³-hybridized carbons (Fsp3) is 0.417. The van der Waals surface area contributed by atoms with Gasteiger partial charge >= 0.3 is 0 Å². The van der Waals surface area contributed by atoms with Gasteiger partial charge in [-0.3, -0.25) is 4.79 Å². The van der Waals surface area contributed by atoms with Crippen molar-refractivity contribution >= 4 is 16.9 Å². The summed E-state index contributed by atoms with van der Waals surface area (Å²) in [6.45, 7) is 3.16. The summed E-state index contributed by atoms with van der Waals surface area (Å²) in [5.74, 6) is 1.03. The van der Waals surface area contributed by atoms with Crippen LogP contribution in [0.3, 0.4) is 0 Å². The molecule has 0 spiro atoms. The van der Waals surface area contributed by atoms with Crippen LogP contribution < -0.4 is 5.32 Å². The zero-order chi connectivity index (χ0) is 20.5. The van der Waals surface area contributed by atoms with Gasteiger partial charge in [0, 0.05) is 13.1 Å². The van der Waals surface area contributed by atoms with E-state index in [2.05, 4.69) is 44.5 Å². The predicted molar refractivity (Wildman–Crippen MR) is 115 cm³/mol. The number of carbonyl (C=O) groups is 1. The summed E-state index contributed by atoms with van der Waals surface area (Å²) in [4.78, 5) is 22.6. The van der Waals surface area contributed by atoms with Crippen LogP contribution in [0.25, 0.3) is 11.0 Å². The molecule has 5 nitrogen and oxygen atoms in total. The van der Waals surface area contributed by atoms with E-state index >= 15 is 0 Å². The van der Waals surface area contributed by atoms with Gasteiger partial charge in [0.25, 0.3) is 0 Å². The highest BCUT2D eigenvalue weighted by molar-refractivity contribution is 5.79. The van der Waals surface area contributed by atoms with Gasteiger partial charge in [-0.05, 0) is 67.5 Å². The first-order valence-electron chi connectivity index (χ1n) is 10.9. The molecule has 2 aromatic carbocycles. The smallest absolute Gasteiger partial charge is 0.224 e. The third-order valence-electron chi connectivity index (χ3n) is 6.54. The minimum atomic E-state index is -0.298. The molecule has 2 atom stereocenters. The van der Waals surface area contributed by atoms with Crippen molar-refractivity contribution in [3.8, 4) is 0 Å². The maximum absolute atomic E-state index is 13.3. The summed E-state index contributed by atoms with van der Waals surface area (Å²) >= 11 is 0. The number of carbonyl (C=O) groups excluding carboxylic acids is 1. The van der Waals surface area contributed by atoms with E-state index in [4.69, 9.17) is 0 Å². The van der Waals surface area contributed by atoms with Gasteiger partial charge in [-0.15, -0.1) is 0 Å². The highest BCUT2D eigenvalue weighted by atomic mass is 19.1. The number of rotatable bonds is 5. The average Bonchev–Trinajstić information content (AvgIpc) is 3.39. The van der Waals surface area contributed by atoms with Gasteiger partial charge in [-0.2, -0.15) is 0 Å². The van der Waals surface area contributed by atoms with Crippen LogP contribution in [0.15, 0.2) is 42.5 Å². The van der Waals surface area contributed by atoms with Crippen LogP contribution in [0.4, 0.5) is 4.39 Å². The second-order valence-corrected chi connectivity index (χ2v) is 8.60. The number of H-pyrrole nitrogens is 1. The first-order valence-corrected chi connectivity index (χ1v) is 10.9. The van der Waals surface area contributed by atoms with E-state index in [0.717, 1.165) is 26.1 Å². The molecule has 3 aromatic rings. The Morgan fingerprint density at radius 1 is 1.23 bits per heavy atom. The van der Waals surface area contributed by atoms with Crippen molar-refractivity contribution in [3.05, 3.63) is 65.2 Å². The van der Waals surface area contributed by atoms with E-state index in [-0.39, 0.29) is 17.6 Å². The van der Waals surface area contributed by atoms with Crippen LogP contribution >= 0.6 is 0 Å². The van der Waals surface area contributed by atoms with Gasteiger partial charge in [-0.25, -0.2) is 9.37 Å². The van der Waals surface area contributed by atoms with Crippen molar-refractivity contribution in [3.63, 3.8) is 0 Å². The molecule has 2 aliphatic rings. The number of aromatic amines is 1. The molecule has 5 rings (SSSR count). The van der Waals surface area contributed by atoms with E-state index in [9.17, 15) is 9.18 Å². The first-order chi connectivity index (χ1) is 14.7. The van der Waals surface area contributed by atoms with Crippen LogP contribution in [0, 0.1) is 11.7 Å². The van der Waals surface area contributed by atoms with Gasteiger partial charge in [-0.1, -0.05) is 24.3 Å². The standard InChI is InChI=1S/C24H27FN4O/c25-19-8-9-21-22(12-19)28-23(27-21)13-26-24(30)18-10-11-29(15-18)14-17-6-3-5-16-4-1-2-7-20(16)17/h1-2,4,7-9,12,17-18H,3,5-6,10-11,13-15H2,(H,26,30)(H,27,28)/t17-,18-/m0/s1. The van der Waals surface area contributed by atoms with Crippen LogP contribution in [0.2, 0.25) is 0 Å². The summed E-state index contributed by atoms with van der Waals surface area (Å²) in [6, 6.07) is 13.3. The Morgan fingerprint density at radius 3 is 3.07 bits per heavy atom. The van der Waals surface area contributed by atoms with Crippen LogP contribution in [0.5, 0.6) is 0 Å². The number of hydrogen-bond donors (Lipinski definition) is 2. The molecule has 1 saturated heterocycles. The Kier molecular flexibility index (Phi) is 5.25. The SMILES string of the molecule is O=C(NCc1nc2ccc(F)cc2[nH]1)[C@H]1CCN(C[C@@H]2CCCc3ccccc32)C1. The van der Waals surface area contributed by atoms with Crippen molar-refractivity contribution in [2.45, 2.75) is 38.1 Å². The zero-order valence-corrected chi connectivity index (χ0v) is 17.0. The summed E-state index contributed by atoms with van der Waals surface area (Å²) in [5.41, 5.74) is 4.35. The number of nitrogens with zero attached hydrogens (tertiary/aromatic N) is 2. The quantitative estimate of drug-likeness (QED) is 0.678. The summed E-state index contributed by atoms with van der Waals surface area (Å²) in [5, 5.41) is 3.00. The minimum Gasteiger partial charge on any atom is -0.349 e. The lowest BCUT2D eigenvalue weighted by Crippen LogP contribution is -2.34. The lowest BCUT2D eigenvalue weighted by molar-refractivity contribution is -0.124. The third-order valence-corrected chi connectivity index (χ3v) is 6.54. The zero-order valence-electron chi connectivity index (χ0n) is 17.0. The van der Waals surface area contributed by atoms with E-state index in [1.165, 1.54) is 42.5 Å². The largest absolute Gasteiger partial charge is 0.349 e. The van der Waals surface area contributed by atoms with Crippen molar-refractivity contribution in [2.24, 2.45) is 5.92 Å². The Labute approximate surface area is 175 Å². The van der Waals surface area contributed by atoms with Gasteiger partial charge in [0.05, 0.1) is 23.5 Å². The van der Waals surface area contributed by atoms with Crippen molar-refractivity contribution in [1.29, 1.82) is 0 Å². The van der Waals surface area contributed by atoms with Gasteiger partial charge in [0.1, 0.15) is 11.6 Å². The molecule has 0 bridgehead atoms. The molecule has 0 saturated carbocycles. The fourth-order valence-corrected chi connectivity index (χ4v) is 5.00. The molecule has 2 N–H and O–H groups in total. The van der Waals surface area contributed by atoms with Crippen LogP contribution in [0.1, 0.15) is 42.1 Å². The maximum Gasteiger partial charge on any atom is 0.224 e. The predicted octanol–water partition coefficient (Wildman–Crippen LogP) is 3.76. The number of fused-ring (bicyclic) bond motifs is 2. The highest BCUT2D eigenvalue weighted by Gasteiger charge is 2.31. The number of likely N-dealkylation sites (tertiary alicyclic amines) is 1. The number of hydrogen-bond acceptors (Lipinski definition) is 3. The van der Waals surface area contributed by atoms with Crippen LogP contribution in [-0.2, 0) is 17.8 Å². The van der Waals surface area contributed by atoms with Gasteiger partial charge in [0.15, 0.2) is 0 Å². The number of aromatic nitrogens is 2. The number of benzene rings is 2. The topological polar surface area (TPSA) is 61.0 Å². The number of nitrogens with one attached hydrogen (secondary N) is 2. The van der Waals surface area contributed by atoms with E-state index in [1.54, 1.807) is 6.07 Å². The summed E-state index contributed by atoms with van der Waals surface area (Å²) in [7, 11) is 0. The summed E-state index contributed by atoms with van der Waals surface area (Å²) in [6.07, 6.45) is 4.57. The highest BCUT2D eigenvalue weighted by Crippen LogP contribution is 2.33. The molecular weight excluding hydrogens is 379 g/mol. The van der Waals surface area contributed by atoms with Gasteiger partial charge in [0.2, 0.25) is 5.91 Å². The summed E-state index contributed by atoms with van der Waals surface area (Å²) < 4.78 is 13.3. The molecule has 30 heavy (non-hydrogen) atoms. The molecule has 1 aromatic heterocycles. The van der Waals surface area contributed by atoms with E-state index in [1.807, 2.05) is 0 Å². The monoisotopic (exact) mass is 406 g/mol. The number of imidazole rings is 1. The van der Waals surface area contributed by atoms with Crippen LogP contribution in [-0.4, -0.2) is 40.4 Å². The molecule has 0 unspecified atom stereocenters. The van der Waals surface area contributed by atoms with Crippen molar-refractivity contribution in [1.82, 2.24) is 20.2 Å². The van der Waals surface area contributed by atoms with E-state index in [0.29, 0.717) is 29.3 Å². The Bertz CT molecular complexity index is 1060. The molecular formula is C24H27FN4O. The molecule has 1 aliphatic carbocycles. The molecule has 1 amide bonds. The lowest BCUT2D eigenvalue weighted by atomic mass is 9.82. The average molecular weight is 407 g/mol. The Hall–Kier alpha value is -2.73. The normalized spacial score (nSPS) is 21.6. The minimum absolute atomic E-state index is 0.0191. The molecule has 1 aliphatic heterocycles. The number of halogens is 1. The molecule has 156 valence electrons. The van der Waals surface area contributed by atoms with Gasteiger partial charge < -0.3 is 15.2 Å². The molecule has 1 fully saturated rings.